The van der Waals surface area contributed by atoms with Crippen LogP contribution in [0.2, 0.25) is 0 Å². The van der Waals surface area contributed by atoms with E-state index >= 15 is 0 Å². The predicted molar refractivity (Wildman–Crippen MR) is 132 cm³/mol. The second-order valence-electron chi connectivity index (χ2n) is 9.33. The number of hydrogen-bond acceptors (Lipinski definition) is 3. The SMILES string of the molecule is CCNC(=O)CC1N=C(c2cc(NC(=O)c3cccc(C(C)(C)CC)c3)ccc2C)C1C. The largest absolute Gasteiger partial charge is 0.356 e. The van der Waals surface area contributed by atoms with Gasteiger partial charge in [0.1, 0.15) is 0 Å². The molecular formula is C27H35N3O2. The molecule has 2 atom stereocenters. The van der Waals surface area contributed by atoms with Crippen LogP contribution in [-0.4, -0.2) is 30.1 Å². The van der Waals surface area contributed by atoms with Gasteiger partial charge in [0.2, 0.25) is 5.91 Å². The Labute approximate surface area is 191 Å². The number of nitrogens with zero attached hydrogens (tertiary/aromatic N) is 1. The van der Waals surface area contributed by atoms with Gasteiger partial charge in [-0.15, -0.1) is 0 Å². The minimum Gasteiger partial charge on any atom is -0.356 e. The number of nitrogens with one attached hydrogen (secondary N) is 2. The van der Waals surface area contributed by atoms with E-state index in [1.165, 1.54) is 0 Å². The van der Waals surface area contributed by atoms with E-state index in [2.05, 4.69) is 44.4 Å². The zero-order valence-corrected chi connectivity index (χ0v) is 20.1. The lowest BCUT2D eigenvalue weighted by Crippen LogP contribution is -2.40. The van der Waals surface area contributed by atoms with E-state index in [0.717, 1.165) is 34.5 Å². The Morgan fingerprint density at radius 2 is 1.84 bits per heavy atom. The molecule has 2 amide bonds. The molecule has 1 aliphatic rings. The number of amides is 2. The van der Waals surface area contributed by atoms with Crippen molar-refractivity contribution in [2.24, 2.45) is 10.9 Å². The molecule has 2 aromatic rings. The predicted octanol–water partition coefficient (Wildman–Crippen LogP) is 5.27. The average molecular weight is 434 g/mol. The highest BCUT2D eigenvalue weighted by Crippen LogP contribution is 2.31. The van der Waals surface area contributed by atoms with Crippen LogP contribution in [0, 0.1) is 12.8 Å². The standard InChI is InChI=1S/C27H35N3O2/c1-7-27(5,6)20-11-9-10-19(14-20)26(32)29-21-13-12-17(3)22(15-21)25-18(4)23(30-25)16-24(31)28-8-2/h9-15,18,23H,7-8,16H2,1-6H3,(H,28,31)(H,29,32). The van der Waals surface area contributed by atoms with E-state index in [-0.39, 0.29) is 29.2 Å². The first-order chi connectivity index (χ1) is 15.2. The number of rotatable bonds is 8. The summed E-state index contributed by atoms with van der Waals surface area (Å²) < 4.78 is 0. The molecule has 0 aliphatic carbocycles. The van der Waals surface area contributed by atoms with Crippen molar-refractivity contribution in [3.63, 3.8) is 0 Å². The lowest BCUT2D eigenvalue weighted by Gasteiger charge is -2.33. The Morgan fingerprint density at radius 1 is 1.09 bits per heavy atom. The van der Waals surface area contributed by atoms with Gasteiger partial charge < -0.3 is 10.6 Å². The maximum atomic E-state index is 12.9. The van der Waals surface area contributed by atoms with E-state index in [1.54, 1.807) is 0 Å². The topological polar surface area (TPSA) is 70.6 Å². The van der Waals surface area contributed by atoms with Crippen molar-refractivity contribution < 1.29 is 9.59 Å². The molecule has 5 heteroatoms. The van der Waals surface area contributed by atoms with Crippen molar-refractivity contribution in [2.45, 2.75) is 65.8 Å². The van der Waals surface area contributed by atoms with Crippen molar-refractivity contribution >= 4 is 23.2 Å². The first-order valence-corrected chi connectivity index (χ1v) is 11.5. The van der Waals surface area contributed by atoms with Crippen LogP contribution < -0.4 is 10.6 Å². The Kier molecular flexibility index (Phi) is 7.17. The fraction of sp³-hybridized carbons (Fsp3) is 0.444. The van der Waals surface area contributed by atoms with Crippen molar-refractivity contribution in [1.82, 2.24) is 5.32 Å². The number of aliphatic imine (C=N–C) groups is 1. The Hall–Kier alpha value is -2.95. The number of carbonyl (C=O) groups is 2. The van der Waals surface area contributed by atoms with Crippen LogP contribution in [0.1, 0.15) is 74.5 Å². The third kappa shape index (κ3) is 5.09. The summed E-state index contributed by atoms with van der Waals surface area (Å²) in [5.74, 6) is 0.125. The number of benzene rings is 2. The molecule has 0 spiro atoms. The maximum absolute atomic E-state index is 12.9. The number of aryl methyl sites for hydroxylation is 1. The smallest absolute Gasteiger partial charge is 0.255 e. The molecule has 5 nitrogen and oxygen atoms in total. The van der Waals surface area contributed by atoms with Gasteiger partial charge in [-0.25, -0.2) is 0 Å². The lowest BCUT2D eigenvalue weighted by molar-refractivity contribution is -0.121. The number of carbonyl (C=O) groups excluding carboxylic acids is 2. The molecule has 1 heterocycles. The van der Waals surface area contributed by atoms with Crippen LogP contribution in [0.4, 0.5) is 5.69 Å². The van der Waals surface area contributed by atoms with Gasteiger partial charge in [-0.3, -0.25) is 14.6 Å². The summed E-state index contributed by atoms with van der Waals surface area (Å²) >= 11 is 0. The summed E-state index contributed by atoms with van der Waals surface area (Å²) in [6.07, 6.45) is 1.42. The summed E-state index contributed by atoms with van der Waals surface area (Å²) in [5, 5.41) is 5.88. The van der Waals surface area contributed by atoms with Crippen molar-refractivity contribution in [1.29, 1.82) is 0 Å². The van der Waals surface area contributed by atoms with E-state index in [9.17, 15) is 9.59 Å². The maximum Gasteiger partial charge on any atom is 0.255 e. The van der Waals surface area contributed by atoms with E-state index in [4.69, 9.17) is 4.99 Å². The highest BCUT2D eigenvalue weighted by Gasteiger charge is 2.34. The molecule has 0 aromatic heterocycles. The minimum atomic E-state index is -0.119. The van der Waals surface area contributed by atoms with Gasteiger partial charge in [-0.1, -0.05) is 45.9 Å². The van der Waals surface area contributed by atoms with Crippen LogP contribution in [0.15, 0.2) is 47.5 Å². The molecule has 0 fully saturated rings. The number of hydrogen-bond donors (Lipinski definition) is 2. The van der Waals surface area contributed by atoms with E-state index < -0.39 is 0 Å². The summed E-state index contributed by atoms with van der Waals surface area (Å²) in [6.45, 7) is 13.2. The zero-order valence-electron chi connectivity index (χ0n) is 20.1. The molecule has 2 aromatic carbocycles. The normalized spacial score (nSPS) is 17.9. The minimum absolute atomic E-state index is 0.0128. The molecule has 1 aliphatic heterocycles. The summed E-state index contributed by atoms with van der Waals surface area (Å²) in [6, 6.07) is 13.8. The molecule has 170 valence electrons. The van der Waals surface area contributed by atoms with Gasteiger partial charge >= 0.3 is 0 Å². The fourth-order valence-corrected chi connectivity index (χ4v) is 3.97. The summed E-state index contributed by atoms with van der Waals surface area (Å²) in [7, 11) is 0. The summed E-state index contributed by atoms with van der Waals surface area (Å²) in [5.41, 5.74) is 5.73. The van der Waals surface area contributed by atoms with Crippen LogP contribution in [0.25, 0.3) is 0 Å². The van der Waals surface area contributed by atoms with Gasteiger partial charge in [0.25, 0.3) is 5.91 Å². The first kappa shape index (κ1) is 23.7. The highest BCUT2D eigenvalue weighted by atomic mass is 16.2. The first-order valence-electron chi connectivity index (χ1n) is 11.5. The highest BCUT2D eigenvalue weighted by molar-refractivity contribution is 6.09. The van der Waals surface area contributed by atoms with E-state index in [1.807, 2.05) is 50.2 Å². The quantitative estimate of drug-likeness (QED) is 0.595. The second-order valence-corrected chi connectivity index (χ2v) is 9.33. The monoisotopic (exact) mass is 433 g/mol. The lowest BCUT2D eigenvalue weighted by atomic mass is 9.81. The Morgan fingerprint density at radius 3 is 2.50 bits per heavy atom. The van der Waals surface area contributed by atoms with Gasteiger partial charge in [-0.05, 0) is 61.1 Å². The van der Waals surface area contributed by atoms with Crippen molar-refractivity contribution in [3.05, 3.63) is 64.7 Å². The molecule has 2 N–H and O–H groups in total. The molecule has 0 radical (unpaired) electrons. The van der Waals surface area contributed by atoms with E-state index in [0.29, 0.717) is 18.5 Å². The molecule has 2 unspecified atom stereocenters. The molecule has 3 rings (SSSR count). The molecule has 32 heavy (non-hydrogen) atoms. The third-order valence-electron chi connectivity index (χ3n) is 6.64. The van der Waals surface area contributed by atoms with Gasteiger partial charge in [0.05, 0.1) is 6.04 Å². The zero-order chi connectivity index (χ0) is 23.5. The fourth-order valence-electron chi connectivity index (χ4n) is 3.97. The van der Waals surface area contributed by atoms with Crippen LogP contribution in [-0.2, 0) is 10.2 Å². The van der Waals surface area contributed by atoms with Gasteiger partial charge in [0.15, 0.2) is 0 Å². The van der Waals surface area contributed by atoms with Crippen molar-refractivity contribution in [3.8, 4) is 0 Å². The second kappa shape index (κ2) is 9.68. The van der Waals surface area contributed by atoms with Crippen molar-refractivity contribution in [2.75, 3.05) is 11.9 Å². The van der Waals surface area contributed by atoms with Crippen LogP contribution in [0.5, 0.6) is 0 Å². The van der Waals surface area contributed by atoms with Crippen LogP contribution in [0.3, 0.4) is 0 Å². The number of anilines is 1. The summed E-state index contributed by atoms with van der Waals surface area (Å²) in [4.78, 5) is 29.6. The molecule has 0 saturated carbocycles. The average Bonchev–Trinajstić information content (AvgIpc) is 2.78. The Bertz CT molecular complexity index is 1040. The van der Waals surface area contributed by atoms with Crippen LogP contribution >= 0.6 is 0 Å². The third-order valence-corrected chi connectivity index (χ3v) is 6.64. The molecular weight excluding hydrogens is 398 g/mol. The molecule has 0 bridgehead atoms. The molecule has 0 saturated heterocycles. The van der Waals surface area contributed by atoms with Gasteiger partial charge in [0, 0.05) is 41.4 Å². The van der Waals surface area contributed by atoms with Gasteiger partial charge in [-0.2, -0.15) is 0 Å². The Balaban J connectivity index is 1.77.